The highest BCUT2D eigenvalue weighted by Crippen LogP contribution is 2.04. The van der Waals surface area contributed by atoms with Gasteiger partial charge in [0.15, 0.2) is 0 Å². The highest BCUT2D eigenvalue weighted by Gasteiger charge is 2.20. The molecule has 1 heterocycles. The number of carbonyl (C=O) groups is 1. The Morgan fingerprint density at radius 2 is 2.46 bits per heavy atom. The minimum Gasteiger partial charge on any atom is -0.433 e. The van der Waals surface area contributed by atoms with Gasteiger partial charge < -0.3 is 14.2 Å². The average molecular weight is 189 g/mol. The Hall–Kier alpha value is -0.650. The Labute approximate surface area is 77.6 Å². The third-order valence-electron chi connectivity index (χ3n) is 1.76. The molecule has 0 saturated carbocycles. The van der Waals surface area contributed by atoms with E-state index in [1.807, 2.05) is 11.9 Å². The molecule has 1 unspecified atom stereocenters. The lowest BCUT2D eigenvalue weighted by Crippen LogP contribution is -2.42. The van der Waals surface area contributed by atoms with Crippen LogP contribution in [-0.4, -0.2) is 57.6 Å². The summed E-state index contributed by atoms with van der Waals surface area (Å²) in [7, 11) is 3.41. The molecule has 5 heteroatoms. The Balaban J connectivity index is 2.23. The van der Waals surface area contributed by atoms with E-state index in [1.54, 1.807) is 0 Å². The molecular formula is C8H15NO4. The summed E-state index contributed by atoms with van der Waals surface area (Å²) in [5.41, 5.74) is 0. The summed E-state index contributed by atoms with van der Waals surface area (Å²) in [5, 5.41) is 0. The molecule has 13 heavy (non-hydrogen) atoms. The lowest BCUT2D eigenvalue weighted by molar-refractivity contribution is -0.195. The molecule has 76 valence electrons. The zero-order chi connectivity index (χ0) is 9.68. The van der Waals surface area contributed by atoms with Crippen molar-refractivity contribution in [1.29, 1.82) is 0 Å². The van der Waals surface area contributed by atoms with Crippen molar-refractivity contribution in [2.45, 2.75) is 6.29 Å². The first-order chi connectivity index (χ1) is 6.22. The maximum absolute atomic E-state index is 11.0. The molecule has 0 aromatic rings. The lowest BCUT2D eigenvalue weighted by atomic mass is 10.4. The van der Waals surface area contributed by atoms with Crippen molar-refractivity contribution in [3.63, 3.8) is 0 Å². The van der Waals surface area contributed by atoms with Crippen molar-refractivity contribution in [3.05, 3.63) is 0 Å². The quantitative estimate of drug-likeness (QED) is 0.558. The third-order valence-corrected chi connectivity index (χ3v) is 1.76. The standard InChI is InChI=1S/C8H15NO4/c1-9-3-4-12-8(5-9)13-7(10)6-11-2/h8H,3-6H2,1-2H3. The second kappa shape index (κ2) is 5.16. The van der Waals surface area contributed by atoms with Gasteiger partial charge in [-0.25, -0.2) is 4.79 Å². The van der Waals surface area contributed by atoms with E-state index in [0.29, 0.717) is 13.2 Å². The molecule has 1 aliphatic rings. The number of hydrogen-bond acceptors (Lipinski definition) is 5. The van der Waals surface area contributed by atoms with Gasteiger partial charge >= 0.3 is 5.97 Å². The lowest BCUT2D eigenvalue weighted by Gasteiger charge is -2.29. The van der Waals surface area contributed by atoms with Crippen LogP contribution in [-0.2, 0) is 19.0 Å². The molecule has 0 amide bonds. The SMILES string of the molecule is COCC(=O)OC1CN(C)CCO1. The highest BCUT2D eigenvalue weighted by atomic mass is 16.7. The van der Waals surface area contributed by atoms with Crippen molar-refractivity contribution in [3.8, 4) is 0 Å². The number of ether oxygens (including phenoxy) is 3. The third kappa shape index (κ3) is 3.71. The number of likely N-dealkylation sites (N-methyl/N-ethyl adjacent to an activating group) is 1. The number of esters is 1. The Kier molecular flexibility index (Phi) is 4.14. The van der Waals surface area contributed by atoms with Crippen LogP contribution in [0.15, 0.2) is 0 Å². The molecule has 1 aliphatic heterocycles. The molecule has 0 aromatic carbocycles. The Morgan fingerprint density at radius 1 is 1.69 bits per heavy atom. The number of nitrogens with zero attached hydrogens (tertiary/aromatic N) is 1. The van der Waals surface area contributed by atoms with Crippen molar-refractivity contribution < 1.29 is 19.0 Å². The van der Waals surface area contributed by atoms with Crippen molar-refractivity contribution in [2.75, 3.05) is 40.5 Å². The summed E-state index contributed by atoms with van der Waals surface area (Å²) in [6.07, 6.45) is -0.443. The average Bonchev–Trinajstić information content (AvgIpc) is 2.04. The minimum atomic E-state index is -0.443. The van der Waals surface area contributed by atoms with E-state index in [4.69, 9.17) is 9.47 Å². The van der Waals surface area contributed by atoms with Gasteiger partial charge in [-0.3, -0.25) is 4.90 Å². The molecule has 1 fully saturated rings. The summed E-state index contributed by atoms with van der Waals surface area (Å²) in [6.45, 7) is 2.07. The predicted octanol–water partition coefficient (Wildman–Crippen LogP) is -0.536. The van der Waals surface area contributed by atoms with Crippen LogP contribution in [0, 0.1) is 0 Å². The first kappa shape index (κ1) is 10.4. The smallest absolute Gasteiger partial charge is 0.334 e. The van der Waals surface area contributed by atoms with E-state index < -0.39 is 6.29 Å². The zero-order valence-electron chi connectivity index (χ0n) is 7.99. The Bertz CT molecular complexity index is 174. The summed E-state index contributed by atoms with van der Waals surface area (Å²) >= 11 is 0. The topological polar surface area (TPSA) is 48.0 Å². The van der Waals surface area contributed by atoms with Gasteiger partial charge in [-0.15, -0.1) is 0 Å². The molecule has 0 N–H and O–H groups in total. The van der Waals surface area contributed by atoms with Crippen molar-refractivity contribution in [2.24, 2.45) is 0 Å². The fraction of sp³-hybridized carbons (Fsp3) is 0.875. The van der Waals surface area contributed by atoms with Gasteiger partial charge in [0, 0.05) is 13.7 Å². The van der Waals surface area contributed by atoms with Crippen LogP contribution in [0.2, 0.25) is 0 Å². The molecule has 5 nitrogen and oxygen atoms in total. The molecule has 1 atom stereocenters. The summed E-state index contributed by atoms with van der Waals surface area (Å²) in [5.74, 6) is -0.386. The molecule has 1 rings (SSSR count). The van der Waals surface area contributed by atoms with Crippen LogP contribution in [0.3, 0.4) is 0 Å². The van der Waals surface area contributed by atoms with Crippen LogP contribution in [0.4, 0.5) is 0 Å². The number of methoxy groups -OCH3 is 1. The van der Waals surface area contributed by atoms with Crippen LogP contribution < -0.4 is 0 Å². The monoisotopic (exact) mass is 189 g/mol. The van der Waals surface area contributed by atoms with E-state index in [1.165, 1.54) is 7.11 Å². The normalized spacial score (nSPS) is 24.3. The van der Waals surface area contributed by atoms with E-state index in [-0.39, 0.29) is 12.6 Å². The van der Waals surface area contributed by atoms with Gasteiger partial charge in [0.05, 0.1) is 13.2 Å². The van der Waals surface area contributed by atoms with Gasteiger partial charge in [0.25, 0.3) is 0 Å². The van der Waals surface area contributed by atoms with Crippen molar-refractivity contribution >= 4 is 5.97 Å². The van der Waals surface area contributed by atoms with Crippen LogP contribution >= 0.6 is 0 Å². The highest BCUT2D eigenvalue weighted by molar-refractivity contribution is 5.70. The van der Waals surface area contributed by atoms with Crippen LogP contribution in [0.5, 0.6) is 0 Å². The van der Waals surface area contributed by atoms with Gasteiger partial charge in [-0.05, 0) is 7.05 Å². The van der Waals surface area contributed by atoms with E-state index >= 15 is 0 Å². The largest absolute Gasteiger partial charge is 0.433 e. The van der Waals surface area contributed by atoms with Gasteiger partial charge in [0.1, 0.15) is 6.61 Å². The molecule has 0 bridgehead atoms. The fourth-order valence-corrected chi connectivity index (χ4v) is 1.11. The van der Waals surface area contributed by atoms with Gasteiger partial charge in [0.2, 0.25) is 6.29 Å². The minimum absolute atomic E-state index is 0.0242. The zero-order valence-corrected chi connectivity index (χ0v) is 7.99. The van der Waals surface area contributed by atoms with Crippen molar-refractivity contribution in [1.82, 2.24) is 4.90 Å². The number of rotatable bonds is 3. The number of hydrogen-bond donors (Lipinski definition) is 0. The molecule has 0 spiro atoms. The maximum atomic E-state index is 11.0. The van der Waals surface area contributed by atoms with Crippen LogP contribution in [0.25, 0.3) is 0 Å². The van der Waals surface area contributed by atoms with Gasteiger partial charge in [-0.2, -0.15) is 0 Å². The number of carbonyl (C=O) groups excluding carboxylic acids is 1. The fourth-order valence-electron chi connectivity index (χ4n) is 1.11. The van der Waals surface area contributed by atoms with Gasteiger partial charge in [-0.1, -0.05) is 0 Å². The first-order valence-corrected chi connectivity index (χ1v) is 4.21. The predicted molar refractivity (Wildman–Crippen MR) is 45.2 cm³/mol. The summed E-state index contributed by atoms with van der Waals surface area (Å²) in [4.78, 5) is 13.0. The van der Waals surface area contributed by atoms with E-state index in [0.717, 1.165) is 6.54 Å². The van der Waals surface area contributed by atoms with E-state index in [9.17, 15) is 4.79 Å². The second-order valence-electron chi connectivity index (χ2n) is 2.99. The first-order valence-electron chi connectivity index (χ1n) is 4.21. The molecule has 0 aromatic heterocycles. The van der Waals surface area contributed by atoms with Crippen LogP contribution in [0.1, 0.15) is 0 Å². The molecule has 0 aliphatic carbocycles. The van der Waals surface area contributed by atoms with E-state index in [2.05, 4.69) is 4.74 Å². The summed E-state index contributed by atoms with van der Waals surface area (Å²) < 4.78 is 14.8. The molecule has 1 saturated heterocycles. The Morgan fingerprint density at radius 3 is 3.08 bits per heavy atom. The molecular weight excluding hydrogens is 174 g/mol. The second-order valence-corrected chi connectivity index (χ2v) is 2.99. The molecule has 0 radical (unpaired) electrons. The summed E-state index contributed by atoms with van der Waals surface area (Å²) in [6, 6.07) is 0. The number of morpholine rings is 1. The maximum Gasteiger partial charge on any atom is 0.334 e.